The van der Waals surface area contributed by atoms with Gasteiger partial charge in [0.1, 0.15) is 19.0 Å². The number of rotatable bonds is 7. The number of para-hydroxylation sites is 1. The third kappa shape index (κ3) is 4.32. The Balaban J connectivity index is 1.30. The second-order valence-corrected chi connectivity index (χ2v) is 9.13. The van der Waals surface area contributed by atoms with Crippen molar-refractivity contribution in [1.82, 2.24) is 19.7 Å². The van der Waals surface area contributed by atoms with Gasteiger partial charge in [0.25, 0.3) is 0 Å². The highest BCUT2D eigenvalue weighted by Crippen LogP contribution is 2.38. The van der Waals surface area contributed by atoms with Crippen LogP contribution in [0.15, 0.2) is 47.6 Å². The number of carbonyl (C=O) groups is 1. The number of ether oxygens (including phenoxy) is 3. The van der Waals surface area contributed by atoms with Crippen LogP contribution in [0.5, 0.6) is 17.2 Å². The van der Waals surface area contributed by atoms with Crippen LogP contribution in [0.3, 0.4) is 0 Å². The molecule has 5 rings (SSSR count). The van der Waals surface area contributed by atoms with Crippen LogP contribution >= 0.6 is 11.8 Å². The van der Waals surface area contributed by atoms with E-state index >= 15 is 0 Å². The number of nitrogens with zero attached hydrogens (tertiary/aromatic N) is 4. The minimum Gasteiger partial charge on any atom is -0.496 e. The lowest BCUT2D eigenvalue weighted by Gasteiger charge is -2.26. The lowest BCUT2D eigenvalue weighted by atomic mass is 10.0. The summed E-state index contributed by atoms with van der Waals surface area (Å²) in [5.74, 6) is 3.43. The van der Waals surface area contributed by atoms with Crippen molar-refractivity contribution in [2.24, 2.45) is 0 Å². The van der Waals surface area contributed by atoms with Gasteiger partial charge < -0.3 is 23.7 Å². The summed E-state index contributed by atoms with van der Waals surface area (Å²) in [7, 11) is 1.65. The lowest BCUT2D eigenvalue weighted by Crippen LogP contribution is -2.32. The summed E-state index contributed by atoms with van der Waals surface area (Å²) in [5.41, 5.74) is 1.98. The third-order valence-electron chi connectivity index (χ3n) is 6.23. The summed E-state index contributed by atoms with van der Waals surface area (Å²) >= 11 is 1.43. The Morgan fingerprint density at radius 1 is 1.15 bits per heavy atom. The first-order valence-electron chi connectivity index (χ1n) is 11.6. The average molecular weight is 481 g/mol. The summed E-state index contributed by atoms with van der Waals surface area (Å²) in [6.45, 7) is 4.62. The largest absolute Gasteiger partial charge is 0.496 e. The third-order valence-corrected chi connectivity index (χ3v) is 7.18. The maximum Gasteiger partial charge on any atom is 0.233 e. The fourth-order valence-corrected chi connectivity index (χ4v) is 5.49. The van der Waals surface area contributed by atoms with Gasteiger partial charge in [-0.05, 0) is 49.6 Å². The number of hydrogen-bond donors (Lipinski definition) is 0. The molecule has 2 aromatic carbocycles. The molecule has 0 aliphatic carbocycles. The van der Waals surface area contributed by atoms with Gasteiger partial charge >= 0.3 is 0 Å². The van der Waals surface area contributed by atoms with E-state index in [0.29, 0.717) is 25.5 Å². The normalized spacial score (nSPS) is 17.1. The molecule has 1 aromatic heterocycles. The van der Waals surface area contributed by atoms with Gasteiger partial charge in [0, 0.05) is 13.1 Å². The van der Waals surface area contributed by atoms with E-state index in [1.807, 2.05) is 58.9 Å². The summed E-state index contributed by atoms with van der Waals surface area (Å²) < 4.78 is 18.9. The van der Waals surface area contributed by atoms with Crippen LogP contribution in [0.4, 0.5) is 0 Å². The highest BCUT2D eigenvalue weighted by molar-refractivity contribution is 7.99. The Kier molecular flexibility index (Phi) is 6.62. The fourth-order valence-electron chi connectivity index (χ4n) is 4.60. The summed E-state index contributed by atoms with van der Waals surface area (Å²) in [6, 6.07) is 13.8. The van der Waals surface area contributed by atoms with Gasteiger partial charge in [0.15, 0.2) is 22.5 Å². The molecule has 1 unspecified atom stereocenters. The molecule has 0 saturated carbocycles. The number of hydrogen-bond acceptors (Lipinski definition) is 7. The Morgan fingerprint density at radius 3 is 2.79 bits per heavy atom. The topological polar surface area (TPSA) is 78.7 Å². The van der Waals surface area contributed by atoms with E-state index in [-0.39, 0.29) is 11.9 Å². The Hall–Kier alpha value is -3.20. The first-order chi connectivity index (χ1) is 16.7. The second kappa shape index (κ2) is 9.97. The van der Waals surface area contributed by atoms with Gasteiger partial charge in [-0.15, -0.1) is 10.2 Å². The zero-order chi connectivity index (χ0) is 23.5. The van der Waals surface area contributed by atoms with Gasteiger partial charge in [-0.3, -0.25) is 4.79 Å². The predicted octanol–water partition coefficient (Wildman–Crippen LogP) is 4.20. The summed E-state index contributed by atoms with van der Waals surface area (Å²) in [5, 5.41) is 9.52. The number of carbonyl (C=O) groups excluding carboxylic acids is 1. The minimum atomic E-state index is 0.0529. The number of thioether (sulfide) groups is 1. The molecule has 2 aliphatic rings. The zero-order valence-corrected chi connectivity index (χ0v) is 20.2. The van der Waals surface area contributed by atoms with Crippen molar-refractivity contribution in [2.75, 3.05) is 32.6 Å². The molecular formula is C25H28N4O4S. The van der Waals surface area contributed by atoms with Gasteiger partial charge in [-0.25, -0.2) is 0 Å². The van der Waals surface area contributed by atoms with Crippen molar-refractivity contribution in [1.29, 1.82) is 0 Å². The predicted molar refractivity (Wildman–Crippen MR) is 130 cm³/mol. The maximum absolute atomic E-state index is 13.2. The molecule has 1 amide bonds. The molecule has 3 aromatic rings. The number of amides is 1. The molecule has 0 bridgehead atoms. The van der Waals surface area contributed by atoms with E-state index in [1.165, 1.54) is 11.8 Å². The van der Waals surface area contributed by atoms with Gasteiger partial charge in [0.05, 0.1) is 24.5 Å². The number of methoxy groups -OCH3 is 1. The number of aromatic nitrogens is 3. The molecule has 0 spiro atoms. The van der Waals surface area contributed by atoms with E-state index in [9.17, 15) is 4.79 Å². The fraction of sp³-hybridized carbons (Fsp3) is 0.400. The van der Waals surface area contributed by atoms with Crippen LogP contribution < -0.4 is 14.2 Å². The average Bonchev–Trinajstić information content (AvgIpc) is 3.54. The molecule has 9 heteroatoms. The minimum absolute atomic E-state index is 0.0529. The van der Waals surface area contributed by atoms with Crippen molar-refractivity contribution < 1.29 is 19.0 Å². The maximum atomic E-state index is 13.2. The first kappa shape index (κ1) is 22.6. The molecule has 1 saturated heterocycles. The molecule has 3 heterocycles. The van der Waals surface area contributed by atoms with Gasteiger partial charge in [-0.1, -0.05) is 30.0 Å². The number of benzene rings is 2. The van der Waals surface area contributed by atoms with Crippen LogP contribution in [0.2, 0.25) is 0 Å². The lowest BCUT2D eigenvalue weighted by molar-refractivity contribution is -0.129. The van der Waals surface area contributed by atoms with Crippen molar-refractivity contribution in [3.8, 4) is 28.6 Å². The molecule has 1 atom stereocenters. The van der Waals surface area contributed by atoms with Crippen molar-refractivity contribution in [3.63, 3.8) is 0 Å². The Labute approximate surface area is 203 Å². The van der Waals surface area contributed by atoms with Gasteiger partial charge in [0.2, 0.25) is 5.91 Å². The van der Waals surface area contributed by atoms with E-state index in [2.05, 4.69) is 10.2 Å². The first-order valence-corrected chi connectivity index (χ1v) is 12.6. The van der Waals surface area contributed by atoms with Crippen LogP contribution in [-0.4, -0.2) is 58.2 Å². The van der Waals surface area contributed by atoms with E-state index in [1.54, 1.807) is 7.11 Å². The molecule has 34 heavy (non-hydrogen) atoms. The number of fused-ring (bicyclic) bond motifs is 1. The quantitative estimate of drug-likeness (QED) is 0.469. The van der Waals surface area contributed by atoms with Crippen LogP contribution in [0.1, 0.15) is 31.4 Å². The van der Waals surface area contributed by atoms with Crippen molar-refractivity contribution >= 4 is 17.7 Å². The molecule has 178 valence electrons. The van der Waals surface area contributed by atoms with E-state index < -0.39 is 0 Å². The summed E-state index contributed by atoms with van der Waals surface area (Å²) in [4.78, 5) is 15.2. The molecule has 0 N–H and O–H groups in total. The van der Waals surface area contributed by atoms with Crippen LogP contribution in [-0.2, 0) is 11.3 Å². The highest BCUT2D eigenvalue weighted by atomic mass is 32.2. The molecule has 0 radical (unpaired) electrons. The Bertz CT molecular complexity index is 1180. The monoisotopic (exact) mass is 480 g/mol. The van der Waals surface area contributed by atoms with E-state index in [4.69, 9.17) is 14.2 Å². The molecule has 8 nitrogen and oxygen atoms in total. The van der Waals surface area contributed by atoms with Crippen LogP contribution in [0, 0.1) is 0 Å². The SMILES string of the molecule is CCn1c(SCC(=O)N2CCCC2c2ccc3c(c2)OCCO3)nnc1-c1ccccc1OC. The molecule has 1 fully saturated rings. The highest BCUT2D eigenvalue weighted by Gasteiger charge is 2.31. The molecular weight excluding hydrogens is 452 g/mol. The zero-order valence-electron chi connectivity index (χ0n) is 19.4. The van der Waals surface area contributed by atoms with E-state index in [0.717, 1.165) is 58.7 Å². The standard InChI is InChI=1S/C25H28N4O4S/c1-3-28-24(18-7-4-5-9-20(18)31-2)26-27-25(28)34-16-23(30)29-12-6-8-19(29)17-10-11-21-22(15-17)33-14-13-32-21/h4-5,7,9-11,15,19H,3,6,8,12-14,16H2,1-2H3. The smallest absolute Gasteiger partial charge is 0.233 e. The van der Waals surface area contributed by atoms with Crippen LogP contribution in [0.25, 0.3) is 11.4 Å². The second-order valence-electron chi connectivity index (χ2n) is 8.19. The van der Waals surface area contributed by atoms with Gasteiger partial charge in [-0.2, -0.15) is 0 Å². The Morgan fingerprint density at radius 2 is 1.97 bits per heavy atom. The number of likely N-dealkylation sites (tertiary alicyclic amines) is 1. The molecule has 2 aliphatic heterocycles. The van der Waals surface area contributed by atoms with Crippen molar-refractivity contribution in [3.05, 3.63) is 48.0 Å². The van der Waals surface area contributed by atoms with Crippen molar-refractivity contribution in [2.45, 2.75) is 37.5 Å². The summed E-state index contributed by atoms with van der Waals surface area (Å²) in [6.07, 6.45) is 1.93.